The van der Waals surface area contributed by atoms with Crippen LogP contribution in [-0.4, -0.2) is 36.4 Å². The number of carbonyl (C=O) groups is 1. The Labute approximate surface area is 123 Å². The van der Waals surface area contributed by atoms with E-state index in [4.69, 9.17) is 4.74 Å². The molecule has 0 saturated carbocycles. The number of amides is 1. The van der Waals surface area contributed by atoms with E-state index in [1.807, 2.05) is 0 Å². The van der Waals surface area contributed by atoms with Gasteiger partial charge in [0.15, 0.2) is 0 Å². The van der Waals surface area contributed by atoms with Gasteiger partial charge in [-0.2, -0.15) is 0 Å². The fourth-order valence-corrected chi connectivity index (χ4v) is 2.99. The summed E-state index contributed by atoms with van der Waals surface area (Å²) in [5.74, 6) is 0.409. The second-order valence-electron chi connectivity index (χ2n) is 5.89. The molecule has 0 bridgehead atoms. The van der Waals surface area contributed by atoms with Gasteiger partial charge in [-0.25, -0.2) is 0 Å². The Hall–Kier alpha value is -0.610. The van der Waals surface area contributed by atoms with Crippen LogP contribution in [0.15, 0.2) is 0 Å². The van der Waals surface area contributed by atoms with Crippen LogP contribution in [0.25, 0.3) is 0 Å². The van der Waals surface area contributed by atoms with Gasteiger partial charge < -0.3 is 15.2 Å². The molecule has 2 N–H and O–H groups in total. The molecule has 1 rings (SSSR count). The summed E-state index contributed by atoms with van der Waals surface area (Å²) in [4.78, 5) is 12.2. The molecule has 1 saturated heterocycles. The average molecular weight is 285 g/mol. The van der Waals surface area contributed by atoms with Crippen molar-refractivity contribution in [2.24, 2.45) is 11.8 Å². The maximum absolute atomic E-state index is 12.2. The van der Waals surface area contributed by atoms with Gasteiger partial charge in [0.1, 0.15) is 0 Å². The second kappa shape index (κ2) is 9.35. The molecule has 4 heteroatoms. The van der Waals surface area contributed by atoms with Gasteiger partial charge in [0.25, 0.3) is 0 Å². The Morgan fingerprint density at radius 3 is 2.65 bits per heavy atom. The minimum absolute atomic E-state index is 0.0502. The molecular weight excluding hydrogens is 254 g/mol. The Balaban J connectivity index is 2.34. The van der Waals surface area contributed by atoms with Crippen LogP contribution in [0.4, 0.5) is 0 Å². The van der Waals surface area contributed by atoms with Crippen molar-refractivity contribution in [1.82, 2.24) is 5.32 Å². The lowest BCUT2D eigenvalue weighted by atomic mass is 9.92. The highest BCUT2D eigenvalue weighted by molar-refractivity contribution is 5.78. The van der Waals surface area contributed by atoms with Gasteiger partial charge in [0.05, 0.1) is 12.2 Å². The summed E-state index contributed by atoms with van der Waals surface area (Å²) in [5.41, 5.74) is 0. The topological polar surface area (TPSA) is 58.6 Å². The molecule has 1 amide bonds. The molecule has 3 unspecified atom stereocenters. The predicted molar refractivity (Wildman–Crippen MR) is 80.5 cm³/mol. The van der Waals surface area contributed by atoms with E-state index in [9.17, 15) is 9.90 Å². The number of aliphatic hydroxyl groups is 1. The van der Waals surface area contributed by atoms with Gasteiger partial charge in [0.2, 0.25) is 5.91 Å². The molecule has 1 aliphatic rings. The summed E-state index contributed by atoms with van der Waals surface area (Å²) in [6, 6.07) is 0. The zero-order valence-electron chi connectivity index (χ0n) is 13.2. The lowest BCUT2D eigenvalue weighted by Gasteiger charge is -2.29. The minimum Gasteiger partial charge on any atom is -0.391 e. The van der Waals surface area contributed by atoms with Gasteiger partial charge in [-0.05, 0) is 25.2 Å². The van der Waals surface area contributed by atoms with Crippen molar-refractivity contribution in [3.05, 3.63) is 0 Å². The van der Waals surface area contributed by atoms with Crippen LogP contribution >= 0.6 is 0 Å². The van der Waals surface area contributed by atoms with E-state index in [1.165, 1.54) is 0 Å². The van der Waals surface area contributed by atoms with Crippen LogP contribution in [0.1, 0.15) is 59.3 Å². The van der Waals surface area contributed by atoms with Gasteiger partial charge in [0, 0.05) is 19.1 Å². The van der Waals surface area contributed by atoms with Gasteiger partial charge in [-0.3, -0.25) is 4.79 Å². The van der Waals surface area contributed by atoms with E-state index in [-0.39, 0.29) is 23.8 Å². The standard InChI is InChI=1S/C16H31NO3/c1-4-7-14-10-13(8-9-20-14)16(19)17-11-15(18)12(5-2)6-3/h12-15,18H,4-11H2,1-3H3,(H,17,19). The number of nitrogens with one attached hydrogen (secondary N) is 1. The molecule has 3 atom stereocenters. The first-order valence-electron chi connectivity index (χ1n) is 8.19. The molecular formula is C16H31NO3. The second-order valence-corrected chi connectivity index (χ2v) is 5.89. The number of ether oxygens (including phenoxy) is 1. The predicted octanol–water partition coefficient (Wildman–Crippen LogP) is 2.50. The Bertz CT molecular complexity index is 277. The zero-order chi connectivity index (χ0) is 15.0. The maximum Gasteiger partial charge on any atom is 0.223 e. The molecule has 118 valence electrons. The zero-order valence-corrected chi connectivity index (χ0v) is 13.2. The Kier molecular flexibility index (Phi) is 8.15. The smallest absolute Gasteiger partial charge is 0.223 e. The van der Waals surface area contributed by atoms with Crippen LogP contribution in [0.5, 0.6) is 0 Å². The van der Waals surface area contributed by atoms with Crippen molar-refractivity contribution in [3.63, 3.8) is 0 Å². The number of hydrogen-bond acceptors (Lipinski definition) is 3. The van der Waals surface area contributed by atoms with Crippen molar-refractivity contribution in [2.45, 2.75) is 71.5 Å². The van der Waals surface area contributed by atoms with Crippen molar-refractivity contribution < 1.29 is 14.6 Å². The van der Waals surface area contributed by atoms with Gasteiger partial charge in [-0.1, -0.05) is 40.0 Å². The van der Waals surface area contributed by atoms with Crippen molar-refractivity contribution in [1.29, 1.82) is 0 Å². The fraction of sp³-hybridized carbons (Fsp3) is 0.938. The number of aliphatic hydroxyl groups excluding tert-OH is 1. The molecule has 0 aliphatic carbocycles. The molecule has 0 aromatic carbocycles. The van der Waals surface area contributed by atoms with E-state index in [0.29, 0.717) is 13.2 Å². The van der Waals surface area contributed by atoms with E-state index in [2.05, 4.69) is 26.1 Å². The van der Waals surface area contributed by atoms with Crippen LogP contribution in [0.3, 0.4) is 0 Å². The largest absolute Gasteiger partial charge is 0.391 e. The average Bonchev–Trinajstić information content (AvgIpc) is 2.46. The SMILES string of the molecule is CCCC1CC(C(=O)NCC(O)C(CC)CC)CCO1. The van der Waals surface area contributed by atoms with E-state index in [0.717, 1.165) is 38.5 Å². The van der Waals surface area contributed by atoms with Crippen molar-refractivity contribution >= 4 is 5.91 Å². The Morgan fingerprint density at radius 2 is 2.05 bits per heavy atom. The number of carbonyl (C=O) groups excluding carboxylic acids is 1. The molecule has 0 radical (unpaired) electrons. The molecule has 20 heavy (non-hydrogen) atoms. The first-order chi connectivity index (χ1) is 9.62. The van der Waals surface area contributed by atoms with Crippen LogP contribution in [0, 0.1) is 11.8 Å². The van der Waals surface area contributed by atoms with Crippen molar-refractivity contribution in [3.8, 4) is 0 Å². The number of hydrogen-bond donors (Lipinski definition) is 2. The lowest BCUT2D eigenvalue weighted by Crippen LogP contribution is -2.41. The quantitative estimate of drug-likeness (QED) is 0.720. The van der Waals surface area contributed by atoms with Crippen LogP contribution in [0.2, 0.25) is 0 Å². The summed E-state index contributed by atoms with van der Waals surface area (Å²) in [6.45, 7) is 7.35. The third-order valence-corrected chi connectivity index (χ3v) is 4.43. The van der Waals surface area contributed by atoms with Gasteiger partial charge in [-0.15, -0.1) is 0 Å². The lowest BCUT2D eigenvalue weighted by molar-refractivity contribution is -0.130. The third kappa shape index (κ3) is 5.41. The van der Waals surface area contributed by atoms with Crippen LogP contribution in [-0.2, 0) is 9.53 Å². The van der Waals surface area contributed by atoms with E-state index in [1.54, 1.807) is 0 Å². The van der Waals surface area contributed by atoms with E-state index >= 15 is 0 Å². The Morgan fingerprint density at radius 1 is 1.35 bits per heavy atom. The molecule has 4 nitrogen and oxygen atoms in total. The summed E-state index contributed by atoms with van der Waals surface area (Å²) in [5, 5.41) is 13.0. The highest BCUT2D eigenvalue weighted by atomic mass is 16.5. The summed E-state index contributed by atoms with van der Waals surface area (Å²) < 4.78 is 5.67. The maximum atomic E-state index is 12.2. The summed E-state index contributed by atoms with van der Waals surface area (Å²) in [7, 11) is 0. The molecule has 1 aliphatic heterocycles. The van der Waals surface area contributed by atoms with E-state index < -0.39 is 6.10 Å². The highest BCUT2D eigenvalue weighted by Crippen LogP contribution is 2.23. The normalized spacial score (nSPS) is 24.6. The first kappa shape index (κ1) is 17.4. The molecule has 0 spiro atoms. The monoisotopic (exact) mass is 285 g/mol. The number of rotatable bonds is 8. The summed E-state index contributed by atoms with van der Waals surface area (Å²) >= 11 is 0. The van der Waals surface area contributed by atoms with Gasteiger partial charge >= 0.3 is 0 Å². The third-order valence-electron chi connectivity index (χ3n) is 4.43. The molecule has 0 aromatic rings. The highest BCUT2D eigenvalue weighted by Gasteiger charge is 2.28. The van der Waals surface area contributed by atoms with Crippen molar-refractivity contribution in [2.75, 3.05) is 13.2 Å². The minimum atomic E-state index is -0.430. The molecule has 1 heterocycles. The van der Waals surface area contributed by atoms with Crippen LogP contribution < -0.4 is 5.32 Å². The molecule has 0 aromatic heterocycles. The molecule has 1 fully saturated rings. The summed E-state index contributed by atoms with van der Waals surface area (Å²) in [6.07, 6.45) is 5.43. The fourth-order valence-electron chi connectivity index (χ4n) is 2.99. The first-order valence-corrected chi connectivity index (χ1v) is 8.19.